The Bertz CT molecular complexity index is 617. The van der Waals surface area contributed by atoms with Crippen LogP contribution in [-0.2, 0) is 16.6 Å². The molecule has 0 aliphatic carbocycles. The van der Waals surface area contributed by atoms with Crippen LogP contribution in [0.25, 0.3) is 0 Å². The largest absolute Gasteiger partial charge is 0.392 e. The van der Waals surface area contributed by atoms with Crippen molar-refractivity contribution in [2.75, 3.05) is 0 Å². The number of hydrogen-bond acceptors (Lipinski definition) is 3. The van der Waals surface area contributed by atoms with Gasteiger partial charge in [-0.3, -0.25) is 0 Å². The molecule has 1 aromatic rings. The number of aliphatic hydroxyl groups excluding tert-OH is 1. The lowest BCUT2D eigenvalue weighted by molar-refractivity contribution is -0.137. The molecule has 0 aromatic heterocycles. The Labute approximate surface area is 129 Å². The van der Waals surface area contributed by atoms with Gasteiger partial charge in [-0.25, -0.2) is 13.1 Å². The fraction of sp³-hybridized carbons (Fsp3) is 0.500. The molecule has 0 amide bonds. The molecule has 1 atom stereocenters. The number of rotatable bonds is 5. The highest BCUT2D eigenvalue weighted by molar-refractivity contribution is 9.10. The van der Waals surface area contributed by atoms with Gasteiger partial charge < -0.3 is 5.11 Å². The quantitative estimate of drug-likeness (QED) is 0.813. The van der Waals surface area contributed by atoms with Crippen LogP contribution in [-0.4, -0.2) is 25.7 Å². The maximum atomic E-state index is 12.3. The van der Waals surface area contributed by atoms with Gasteiger partial charge in [0, 0.05) is 10.5 Å². The highest BCUT2D eigenvalue weighted by atomic mass is 79.9. The summed E-state index contributed by atoms with van der Waals surface area (Å²) in [5.74, 6) is 0. The third kappa shape index (κ3) is 5.24. The van der Waals surface area contributed by atoms with Gasteiger partial charge in [-0.15, -0.1) is 0 Å². The van der Waals surface area contributed by atoms with Gasteiger partial charge >= 0.3 is 6.18 Å². The summed E-state index contributed by atoms with van der Waals surface area (Å²) < 4.78 is 63.4. The lowest BCUT2D eigenvalue weighted by Crippen LogP contribution is -2.36. The second kappa shape index (κ2) is 6.64. The molecule has 0 fully saturated rings. The molecule has 0 radical (unpaired) electrons. The van der Waals surface area contributed by atoms with Crippen LogP contribution in [0.5, 0.6) is 0 Å². The van der Waals surface area contributed by atoms with E-state index in [0.29, 0.717) is 11.1 Å². The van der Waals surface area contributed by atoms with E-state index in [1.165, 1.54) is 6.07 Å². The molecule has 1 rings (SSSR count). The SMILES string of the molecule is Cc1cc(CO)cc(S(=O)(=O)NC(C)CC(F)(F)F)c1Br. The molecule has 0 bridgehead atoms. The van der Waals surface area contributed by atoms with Crippen LogP contribution >= 0.6 is 15.9 Å². The van der Waals surface area contributed by atoms with Crippen molar-refractivity contribution in [3.63, 3.8) is 0 Å². The van der Waals surface area contributed by atoms with E-state index in [1.54, 1.807) is 13.0 Å². The first-order chi connectivity index (χ1) is 9.46. The minimum Gasteiger partial charge on any atom is -0.392 e. The van der Waals surface area contributed by atoms with Crippen LogP contribution in [0.1, 0.15) is 24.5 Å². The Kier molecular flexibility index (Phi) is 5.82. The van der Waals surface area contributed by atoms with Crippen LogP contribution in [0.3, 0.4) is 0 Å². The van der Waals surface area contributed by atoms with Gasteiger partial charge in [-0.2, -0.15) is 13.2 Å². The molecule has 0 saturated carbocycles. The maximum Gasteiger partial charge on any atom is 0.390 e. The molecule has 0 heterocycles. The van der Waals surface area contributed by atoms with Crippen molar-refractivity contribution in [2.45, 2.75) is 44.0 Å². The Morgan fingerprint density at radius 1 is 1.38 bits per heavy atom. The number of aliphatic hydroxyl groups is 1. The highest BCUT2D eigenvalue weighted by Crippen LogP contribution is 2.28. The third-order valence-corrected chi connectivity index (χ3v) is 5.58. The van der Waals surface area contributed by atoms with Gasteiger partial charge in [0.05, 0.1) is 17.9 Å². The summed E-state index contributed by atoms with van der Waals surface area (Å²) >= 11 is 3.11. The molecule has 21 heavy (non-hydrogen) atoms. The van der Waals surface area contributed by atoms with Gasteiger partial charge in [-0.05, 0) is 47.0 Å². The standard InChI is InChI=1S/C12H15BrF3NO3S/c1-7-3-9(6-18)4-10(11(7)13)21(19,20)17-8(2)5-12(14,15)16/h3-4,8,17-18H,5-6H2,1-2H3. The smallest absolute Gasteiger partial charge is 0.390 e. The number of alkyl halides is 3. The average Bonchev–Trinajstić information content (AvgIpc) is 2.28. The van der Waals surface area contributed by atoms with Gasteiger partial charge in [0.25, 0.3) is 0 Å². The normalized spacial score (nSPS) is 14.2. The summed E-state index contributed by atoms with van der Waals surface area (Å²) in [6.45, 7) is 2.40. The summed E-state index contributed by atoms with van der Waals surface area (Å²) in [5, 5.41) is 9.10. The van der Waals surface area contributed by atoms with Crippen molar-refractivity contribution in [3.05, 3.63) is 27.7 Å². The van der Waals surface area contributed by atoms with Crippen molar-refractivity contribution < 1.29 is 26.7 Å². The molecule has 0 aliphatic heterocycles. The minimum atomic E-state index is -4.46. The number of benzene rings is 1. The molecule has 9 heteroatoms. The van der Waals surface area contributed by atoms with Crippen molar-refractivity contribution in [2.24, 2.45) is 0 Å². The molecule has 120 valence electrons. The Balaban J connectivity index is 3.11. The van der Waals surface area contributed by atoms with Crippen LogP contribution in [0.4, 0.5) is 13.2 Å². The van der Waals surface area contributed by atoms with E-state index in [-0.39, 0.29) is 16.0 Å². The Hall–Kier alpha value is -0.640. The van der Waals surface area contributed by atoms with Crippen LogP contribution in [0, 0.1) is 6.92 Å². The molecule has 1 unspecified atom stereocenters. The molecule has 2 N–H and O–H groups in total. The predicted octanol–water partition coefficient (Wildman–Crippen LogP) is 2.87. The van der Waals surface area contributed by atoms with Crippen molar-refractivity contribution in [1.29, 1.82) is 0 Å². The summed E-state index contributed by atoms with van der Waals surface area (Å²) in [6, 6.07) is 1.52. The zero-order valence-corrected chi connectivity index (χ0v) is 13.7. The molecular weight excluding hydrogens is 375 g/mol. The first kappa shape index (κ1) is 18.4. The van der Waals surface area contributed by atoms with E-state index >= 15 is 0 Å². The first-order valence-electron chi connectivity index (χ1n) is 5.95. The van der Waals surface area contributed by atoms with Crippen molar-refractivity contribution in [3.8, 4) is 0 Å². The van der Waals surface area contributed by atoms with Crippen molar-refractivity contribution >= 4 is 26.0 Å². The molecule has 0 saturated heterocycles. The molecular formula is C12H15BrF3NO3S. The second-order valence-corrected chi connectivity index (χ2v) is 7.20. The van der Waals surface area contributed by atoms with Crippen LogP contribution in [0.15, 0.2) is 21.5 Å². The van der Waals surface area contributed by atoms with Gasteiger partial charge in [0.15, 0.2) is 0 Å². The Morgan fingerprint density at radius 2 is 1.95 bits per heavy atom. The fourth-order valence-electron chi connectivity index (χ4n) is 1.81. The number of sulfonamides is 1. The topological polar surface area (TPSA) is 66.4 Å². The second-order valence-electron chi connectivity index (χ2n) is 4.72. The summed E-state index contributed by atoms with van der Waals surface area (Å²) in [4.78, 5) is -0.194. The van der Waals surface area contributed by atoms with Crippen LogP contribution in [0.2, 0.25) is 0 Å². The number of nitrogens with one attached hydrogen (secondary N) is 1. The van der Waals surface area contributed by atoms with Crippen LogP contribution < -0.4 is 4.72 Å². The Morgan fingerprint density at radius 3 is 2.43 bits per heavy atom. The van der Waals surface area contributed by atoms with Crippen molar-refractivity contribution in [1.82, 2.24) is 4.72 Å². The fourth-order valence-corrected chi connectivity index (χ4v) is 4.12. The van der Waals surface area contributed by atoms with E-state index in [1.807, 2.05) is 4.72 Å². The predicted molar refractivity (Wildman–Crippen MR) is 75.3 cm³/mol. The highest BCUT2D eigenvalue weighted by Gasteiger charge is 2.32. The summed E-state index contributed by atoms with van der Waals surface area (Å²) in [6.07, 6.45) is -5.72. The average molecular weight is 390 g/mol. The summed E-state index contributed by atoms with van der Waals surface area (Å²) in [7, 11) is -4.13. The lowest BCUT2D eigenvalue weighted by atomic mass is 10.1. The van der Waals surface area contributed by atoms with E-state index in [2.05, 4.69) is 15.9 Å². The number of aryl methyl sites for hydroxylation is 1. The van der Waals surface area contributed by atoms with E-state index < -0.39 is 28.7 Å². The van der Waals surface area contributed by atoms with E-state index in [4.69, 9.17) is 5.11 Å². The zero-order valence-electron chi connectivity index (χ0n) is 11.3. The lowest BCUT2D eigenvalue weighted by Gasteiger charge is -2.17. The molecule has 0 spiro atoms. The summed E-state index contributed by atoms with van der Waals surface area (Å²) in [5.41, 5.74) is 0.921. The zero-order chi connectivity index (χ0) is 16.4. The molecule has 1 aromatic carbocycles. The monoisotopic (exact) mass is 389 g/mol. The van der Waals surface area contributed by atoms with E-state index in [9.17, 15) is 21.6 Å². The number of halogens is 4. The third-order valence-electron chi connectivity index (χ3n) is 2.65. The first-order valence-corrected chi connectivity index (χ1v) is 8.23. The minimum absolute atomic E-state index is 0.194. The van der Waals surface area contributed by atoms with Gasteiger partial charge in [0.2, 0.25) is 10.0 Å². The van der Waals surface area contributed by atoms with E-state index in [0.717, 1.165) is 6.92 Å². The van der Waals surface area contributed by atoms with Gasteiger partial charge in [0.1, 0.15) is 0 Å². The molecule has 0 aliphatic rings. The van der Waals surface area contributed by atoms with Gasteiger partial charge in [-0.1, -0.05) is 6.07 Å². The molecule has 4 nitrogen and oxygen atoms in total. The number of hydrogen-bond donors (Lipinski definition) is 2. The maximum absolute atomic E-state index is 12.3.